The average molecular weight is 486 g/mol. The summed E-state index contributed by atoms with van der Waals surface area (Å²) >= 11 is 0. The van der Waals surface area contributed by atoms with Crippen molar-refractivity contribution in [2.75, 3.05) is 13.6 Å². The van der Waals surface area contributed by atoms with Gasteiger partial charge in [0.05, 0.1) is 23.4 Å². The van der Waals surface area contributed by atoms with Crippen LogP contribution < -0.4 is 4.74 Å². The Balaban J connectivity index is 1.42. The summed E-state index contributed by atoms with van der Waals surface area (Å²) in [6, 6.07) is 3.65. The SMILES string of the molecule is Cc1nc(-c2nnn(C)c2COC(=O)N(C)CC2CCC2)ccc1O[C@@H]1CCCC[C@H](C(=O)O)C1. The number of aryl methyl sites for hydroxylation is 2. The van der Waals surface area contributed by atoms with Gasteiger partial charge in [-0.25, -0.2) is 14.5 Å². The van der Waals surface area contributed by atoms with Crippen molar-refractivity contribution in [2.45, 2.75) is 71.0 Å². The Morgan fingerprint density at radius 3 is 2.63 bits per heavy atom. The quantitative estimate of drug-likeness (QED) is 0.558. The number of carbonyl (C=O) groups is 2. The molecule has 0 aromatic carbocycles. The third kappa shape index (κ3) is 6.10. The van der Waals surface area contributed by atoms with Crippen LogP contribution in [0, 0.1) is 18.8 Å². The minimum Gasteiger partial charge on any atom is -0.489 e. The Kier molecular flexibility index (Phi) is 7.87. The van der Waals surface area contributed by atoms with Gasteiger partial charge < -0.3 is 19.5 Å². The summed E-state index contributed by atoms with van der Waals surface area (Å²) in [7, 11) is 3.52. The zero-order valence-corrected chi connectivity index (χ0v) is 20.8. The first-order valence-corrected chi connectivity index (χ1v) is 12.5. The van der Waals surface area contributed by atoms with Crippen LogP contribution in [-0.2, 0) is 23.2 Å². The van der Waals surface area contributed by atoms with E-state index in [4.69, 9.17) is 9.47 Å². The third-order valence-electron chi connectivity index (χ3n) is 7.14. The maximum absolute atomic E-state index is 12.4. The fourth-order valence-corrected chi connectivity index (χ4v) is 4.75. The van der Waals surface area contributed by atoms with E-state index in [1.807, 2.05) is 19.1 Å². The monoisotopic (exact) mass is 485 g/mol. The number of carbonyl (C=O) groups excluding carboxylic acids is 1. The topological polar surface area (TPSA) is 120 Å². The van der Waals surface area contributed by atoms with Gasteiger partial charge in [0.25, 0.3) is 0 Å². The number of aliphatic carboxylic acids is 1. The molecule has 1 amide bonds. The molecule has 1 N–H and O–H groups in total. The second-order valence-corrected chi connectivity index (χ2v) is 9.82. The minimum atomic E-state index is -0.754. The molecule has 2 saturated carbocycles. The van der Waals surface area contributed by atoms with Crippen molar-refractivity contribution in [1.82, 2.24) is 24.9 Å². The highest BCUT2D eigenvalue weighted by Gasteiger charge is 2.27. The van der Waals surface area contributed by atoms with Crippen molar-refractivity contribution in [1.29, 1.82) is 0 Å². The lowest BCUT2D eigenvalue weighted by Crippen LogP contribution is -2.34. The van der Waals surface area contributed by atoms with Crippen LogP contribution >= 0.6 is 0 Å². The van der Waals surface area contributed by atoms with Crippen molar-refractivity contribution in [3.05, 3.63) is 23.5 Å². The number of ether oxygens (including phenoxy) is 2. The van der Waals surface area contributed by atoms with Crippen LogP contribution in [-0.4, -0.2) is 61.7 Å². The first-order chi connectivity index (χ1) is 16.8. The van der Waals surface area contributed by atoms with Crippen LogP contribution in [0.15, 0.2) is 12.1 Å². The van der Waals surface area contributed by atoms with Gasteiger partial charge in [0, 0.05) is 20.6 Å². The number of rotatable bonds is 8. The smallest absolute Gasteiger partial charge is 0.409 e. The molecule has 0 spiro atoms. The molecular weight excluding hydrogens is 450 g/mol. The Morgan fingerprint density at radius 2 is 1.94 bits per heavy atom. The number of nitrogens with zero attached hydrogens (tertiary/aromatic N) is 5. The second-order valence-electron chi connectivity index (χ2n) is 9.82. The molecule has 4 rings (SSSR count). The number of amides is 1. The van der Waals surface area contributed by atoms with Crippen LogP contribution in [0.2, 0.25) is 0 Å². The van der Waals surface area contributed by atoms with Crippen molar-refractivity contribution in [3.8, 4) is 17.1 Å². The zero-order chi connectivity index (χ0) is 24.9. The number of hydrogen-bond acceptors (Lipinski definition) is 7. The van der Waals surface area contributed by atoms with E-state index in [2.05, 4.69) is 15.3 Å². The van der Waals surface area contributed by atoms with Gasteiger partial charge in [-0.2, -0.15) is 0 Å². The fourth-order valence-electron chi connectivity index (χ4n) is 4.75. The third-order valence-corrected chi connectivity index (χ3v) is 7.14. The molecule has 0 bridgehead atoms. The molecule has 35 heavy (non-hydrogen) atoms. The lowest BCUT2D eigenvalue weighted by atomic mass is 9.85. The molecule has 2 aliphatic rings. The zero-order valence-electron chi connectivity index (χ0n) is 20.8. The van der Waals surface area contributed by atoms with Crippen LogP contribution in [0.25, 0.3) is 11.4 Å². The van der Waals surface area contributed by atoms with Gasteiger partial charge in [-0.05, 0) is 63.5 Å². The number of pyridine rings is 1. The molecule has 10 nitrogen and oxygen atoms in total. The Bertz CT molecular complexity index is 1050. The largest absolute Gasteiger partial charge is 0.489 e. The van der Waals surface area contributed by atoms with Crippen LogP contribution in [0.3, 0.4) is 0 Å². The molecule has 2 fully saturated rings. The van der Waals surface area contributed by atoms with Gasteiger partial charge in [0.15, 0.2) is 0 Å². The second kappa shape index (κ2) is 11.0. The number of carboxylic acids is 1. The minimum absolute atomic E-state index is 0.0459. The maximum Gasteiger partial charge on any atom is 0.409 e. The Labute approximate surface area is 205 Å². The first-order valence-electron chi connectivity index (χ1n) is 12.5. The van der Waals surface area contributed by atoms with Crippen LogP contribution in [0.1, 0.15) is 62.8 Å². The van der Waals surface area contributed by atoms with E-state index in [0.717, 1.165) is 19.3 Å². The number of hydrogen-bond donors (Lipinski definition) is 1. The van der Waals surface area contributed by atoms with Gasteiger partial charge in [-0.3, -0.25) is 4.79 Å². The fraction of sp³-hybridized carbons (Fsp3) is 0.640. The van der Waals surface area contributed by atoms with Crippen LogP contribution in [0.5, 0.6) is 5.75 Å². The molecule has 0 radical (unpaired) electrons. The van der Waals surface area contributed by atoms with Crippen molar-refractivity contribution < 1.29 is 24.2 Å². The lowest BCUT2D eigenvalue weighted by Gasteiger charge is -2.29. The van der Waals surface area contributed by atoms with E-state index in [0.29, 0.717) is 53.8 Å². The maximum atomic E-state index is 12.4. The molecule has 0 saturated heterocycles. The molecule has 2 aromatic rings. The highest BCUT2D eigenvalue weighted by molar-refractivity contribution is 5.70. The highest BCUT2D eigenvalue weighted by Crippen LogP contribution is 2.30. The summed E-state index contributed by atoms with van der Waals surface area (Å²) in [6.07, 6.45) is 6.95. The summed E-state index contributed by atoms with van der Waals surface area (Å²) < 4.78 is 13.3. The molecule has 2 atom stereocenters. The van der Waals surface area contributed by atoms with E-state index in [9.17, 15) is 14.7 Å². The standard InChI is InChI=1S/C25H35N5O5/c1-16-22(35-19-10-5-4-9-18(13-19)24(31)32)12-11-20(26-16)23-21(30(3)28-27-23)15-34-25(33)29(2)14-17-7-6-8-17/h11-12,17-19H,4-10,13-15H2,1-3H3,(H,31,32)/t18-,19+/m0/s1. The Morgan fingerprint density at radius 1 is 1.17 bits per heavy atom. The van der Waals surface area contributed by atoms with E-state index >= 15 is 0 Å². The summed E-state index contributed by atoms with van der Waals surface area (Å²) in [5.74, 6) is 0.0881. The lowest BCUT2D eigenvalue weighted by molar-refractivity contribution is -0.142. The van der Waals surface area contributed by atoms with Gasteiger partial charge in [-0.15, -0.1) is 5.10 Å². The molecule has 0 aliphatic heterocycles. The van der Waals surface area contributed by atoms with Crippen molar-refractivity contribution in [2.24, 2.45) is 18.9 Å². The van der Waals surface area contributed by atoms with E-state index in [1.54, 1.807) is 23.7 Å². The predicted molar refractivity (Wildman–Crippen MR) is 128 cm³/mol. The van der Waals surface area contributed by atoms with E-state index in [-0.39, 0.29) is 24.7 Å². The summed E-state index contributed by atoms with van der Waals surface area (Å²) in [5.41, 5.74) is 2.51. The highest BCUT2D eigenvalue weighted by atomic mass is 16.6. The first kappa shape index (κ1) is 24.9. The molecule has 2 heterocycles. The summed E-state index contributed by atoms with van der Waals surface area (Å²) in [5, 5.41) is 17.8. The van der Waals surface area contributed by atoms with Crippen molar-refractivity contribution >= 4 is 12.1 Å². The van der Waals surface area contributed by atoms with Gasteiger partial charge in [0.1, 0.15) is 23.7 Å². The van der Waals surface area contributed by atoms with E-state index < -0.39 is 5.97 Å². The molecule has 10 heteroatoms. The molecule has 190 valence electrons. The summed E-state index contributed by atoms with van der Waals surface area (Å²) in [4.78, 5) is 30.2. The molecular formula is C25H35N5O5. The Hall–Kier alpha value is -3.17. The van der Waals surface area contributed by atoms with Crippen molar-refractivity contribution in [3.63, 3.8) is 0 Å². The average Bonchev–Trinajstić information content (AvgIpc) is 3.00. The molecule has 2 aromatic heterocycles. The number of aromatic nitrogens is 4. The number of carboxylic acid groups (broad SMARTS) is 1. The molecule has 0 unspecified atom stereocenters. The van der Waals surface area contributed by atoms with E-state index in [1.165, 1.54) is 19.3 Å². The van der Waals surface area contributed by atoms with Gasteiger partial charge in [-0.1, -0.05) is 18.1 Å². The van der Waals surface area contributed by atoms with Gasteiger partial charge in [0.2, 0.25) is 0 Å². The normalized spacial score (nSPS) is 20.5. The summed E-state index contributed by atoms with van der Waals surface area (Å²) in [6.45, 7) is 2.62. The molecule has 2 aliphatic carbocycles. The predicted octanol–water partition coefficient (Wildman–Crippen LogP) is 3.97. The van der Waals surface area contributed by atoms with Gasteiger partial charge >= 0.3 is 12.1 Å². The van der Waals surface area contributed by atoms with Crippen LogP contribution in [0.4, 0.5) is 4.79 Å².